The van der Waals surface area contributed by atoms with Crippen LogP contribution in [0.25, 0.3) is 0 Å². The second-order valence-corrected chi connectivity index (χ2v) is 4.65. The summed E-state index contributed by atoms with van der Waals surface area (Å²) in [4.78, 5) is 0. The zero-order chi connectivity index (χ0) is 11.2. The van der Waals surface area contributed by atoms with Crippen molar-refractivity contribution in [1.82, 2.24) is 5.32 Å². The molecule has 0 bridgehead atoms. The number of hydrogen-bond acceptors (Lipinski definition) is 1. The summed E-state index contributed by atoms with van der Waals surface area (Å²) in [5.41, 5.74) is 8.78. The van der Waals surface area contributed by atoms with Crippen LogP contribution in [0, 0.1) is 34.6 Å². The third-order valence-electron chi connectivity index (χ3n) is 3.98. The second-order valence-electron chi connectivity index (χ2n) is 4.65. The summed E-state index contributed by atoms with van der Waals surface area (Å²) in [6, 6.07) is 0.270. The summed E-state index contributed by atoms with van der Waals surface area (Å²) in [6.07, 6.45) is 1.15. The van der Waals surface area contributed by atoms with Gasteiger partial charge in [0.2, 0.25) is 0 Å². The Morgan fingerprint density at radius 2 is 1.56 bits per heavy atom. The van der Waals surface area contributed by atoms with Crippen LogP contribution in [-0.4, -0.2) is 6.54 Å². The Morgan fingerprint density at radius 1 is 1.00 bits per heavy atom. The number of fused-ring (bicyclic) bond motifs is 1. The Morgan fingerprint density at radius 3 is 2.19 bits per heavy atom. The number of nitrogens with one attached hydrogen (secondary N) is 1. The van der Waals surface area contributed by atoms with Gasteiger partial charge in [-0.15, -0.1) is 0 Å². The zero-order valence-electron chi connectivity index (χ0n) is 10.8. The minimum Gasteiger partial charge on any atom is -0.339 e. The van der Waals surface area contributed by atoms with Crippen molar-refractivity contribution in [2.75, 3.05) is 6.54 Å². The van der Waals surface area contributed by atoms with Gasteiger partial charge in [0, 0.05) is 32.7 Å². The van der Waals surface area contributed by atoms with E-state index in [9.17, 15) is 0 Å². The monoisotopic (exact) mass is 291 g/mol. The Kier molecular flexibility index (Phi) is 4.74. The molecule has 1 atom stereocenters. The predicted octanol–water partition coefficient (Wildman–Crippen LogP) is 2.94. The average Bonchev–Trinajstić information content (AvgIpc) is 2.23. The fourth-order valence-corrected chi connectivity index (χ4v) is 2.69. The number of benzene rings is 1. The van der Waals surface area contributed by atoms with Crippen molar-refractivity contribution in [2.45, 2.75) is 40.2 Å². The third-order valence-corrected chi connectivity index (χ3v) is 3.98. The molecular formula is C14H20NY-. The van der Waals surface area contributed by atoms with Gasteiger partial charge in [-0.05, 0) is 68.5 Å². The molecule has 0 aromatic heterocycles. The first-order valence-corrected chi connectivity index (χ1v) is 5.69. The van der Waals surface area contributed by atoms with E-state index in [-0.39, 0.29) is 38.8 Å². The van der Waals surface area contributed by atoms with Crippen molar-refractivity contribution >= 4 is 0 Å². The Labute approximate surface area is 124 Å². The molecule has 1 aliphatic heterocycles. The SMILES string of the molecule is [CH2-][C@@H]1NCCc2c(C)c(C)c(C)c(C)c21.[Y]. The maximum Gasteiger partial charge on any atom is 0 e. The summed E-state index contributed by atoms with van der Waals surface area (Å²) in [6.45, 7) is 14.2. The van der Waals surface area contributed by atoms with Crippen LogP contribution >= 0.6 is 0 Å². The molecule has 2 rings (SSSR count). The first-order chi connectivity index (χ1) is 7.04. The van der Waals surface area contributed by atoms with Gasteiger partial charge < -0.3 is 12.2 Å². The molecule has 0 spiro atoms. The van der Waals surface area contributed by atoms with Crippen LogP contribution in [0.3, 0.4) is 0 Å². The molecule has 1 N–H and O–H groups in total. The minimum absolute atomic E-state index is 0. The average molecular weight is 291 g/mol. The van der Waals surface area contributed by atoms with Crippen molar-refractivity contribution in [3.8, 4) is 0 Å². The van der Waals surface area contributed by atoms with E-state index in [2.05, 4.69) is 39.9 Å². The van der Waals surface area contributed by atoms with E-state index in [1.807, 2.05) is 0 Å². The van der Waals surface area contributed by atoms with Gasteiger partial charge in [0.05, 0.1) is 0 Å². The van der Waals surface area contributed by atoms with Crippen molar-refractivity contribution in [3.05, 3.63) is 40.3 Å². The van der Waals surface area contributed by atoms with Crippen LogP contribution in [0.2, 0.25) is 0 Å². The second kappa shape index (κ2) is 5.29. The molecule has 85 valence electrons. The smallest absolute Gasteiger partial charge is 0 e. The maximum absolute atomic E-state index is 4.20. The molecule has 1 heterocycles. The standard InChI is InChI=1S/C14H20N.Y/c1-8-9(2)11(4)14-12(5)15-7-6-13(14)10(8)3;/h12,15H,5-7H2,1-4H3;/q-1;/t12-;/m0./s1. The summed E-state index contributed by atoms with van der Waals surface area (Å²) in [7, 11) is 0. The summed E-state index contributed by atoms with van der Waals surface area (Å²) in [5.74, 6) is 0. The first kappa shape index (κ1) is 14.3. The van der Waals surface area contributed by atoms with Gasteiger partial charge >= 0.3 is 0 Å². The molecule has 2 heteroatoms. The van der Waals surface area contributed by atoms with E-state index in [1.165, 1.54) is 33.4 Å². The summed E-state index contributed by atoms with van der Waals surface area (Å²) < 4.78 is 0. The quantitative estimate of drug-likeness (QED) is 0.725. The van der Waals surface area contributed by atoms with E-state index < -0.39 is 0 Å². The van der Waals surface area contributed by atoms with Crippen LogP contribution in [0.5, 0.6) is 0 Å². The van der Waals surface area contributed by atoms with Gasteiger partial charge in [-0.2, -0.15) is 0 Å². The van der Waals surface area contributed by atoms with E-state index in [1.54, 1.807) is 0 Å². The van der Waals surface area contributed by atoms with Crippen LogP contribution in [0.4, 0.5) is 0 Å². The van der Waals surface area contributed by atoms with Crippen molar-refractivity contribution in [3.63, 3.8) is 0 Å². The van der Waals surface area contributed by atoms with Crippen molar-refractivity contribution in [1.29, 1.82) is 0 Å². The molecule has 1 radical (unpaired) electrons. The Bertz CT molecular complexity index is 410. The van der Waals surface area contributed by atoms with Gasteiger partial charge in [-0.1, -0.05) is 11.6 Å². The molecule has 0 aliphatic carbocycles. The Hall–Kier alpha value is 0.284. The van der Waals surface area contributed by atoms with E-state index >= 15 is 0 Å². The van der Waals surface area contributed by atoms with Gasteiger partial charge in [-0.25, -0.2) is 0 Å². The zero-order valence-corrected chi connectivity index (χ0v) is 13.6. The first-order valence-electron chi connectivity index (χ1n) is 5.69. The molecule has 1 nitrogen and oxygen atoms in total. The van der Waals surface area contributed by atoms with Crippen LogP contribution in [-0.2, 0) is 39.1 Å². The van der Waals surface area contributed by atoms with Gasteiger partial charge in [0.15, 0.2) is 0 Å². The molecule has 0 amide bonds. The molecule has 1 aromatic carbocycles. The van der Waals surface area contributed by atoms with Crippen molar-refractivity contribution in [2.24, 2.45) is 0 Å². The van der Waals surface area contributed by atoms with Gasteiger partial charge in [0.1, 0.15) is 0 Å². The molecular weight excluding hydrogens is 271 g/mol. The summed E-state index contributed by atoms with van der Waals surface area (Å²) >= 11 is 0. The van der Waals surface area contributed by atoms with Gasteiger partial charge in [-0.3, -0.25) is 0 Å². The molecule has 0 fully saturated rings. The molecule has 0 unspecified atom stereocenters. The summed E-state index contributed by atoms with van der Waals surface area (Å²) in [5, 5.41) is 3.44. The molecule has 1 aliphatic rings. The molecule has 0 saturated heterocycles. The number of rotatable bonds is 0. The van der Waals surface area contributed by atoms with Crippen molar-refractivity contribution < 1.29 is 32.7 Å². The normalized spacial score (nSPS) is 18.9. The van der Waals surface area contributed by atoms with E-state index in [0.717, 1.165) is 13.0 Å². The van der Waals surface area contributed by atoms with E-state index in [4.69, 9.17) is 0 Å². The topological polar surface area (TPSA) is 12.0 Å². The minimum atomic E-state index is 0. The Balaban J connectivity index is 0.00000128. The fraction of sp³-hybridized carbons (Fsp3) is 0.500. The third kappa shape index (κ3) is 2.14. The fourth-order valence-electron chi connectivity index (χ4n) is 2.69. The van der Waals surface area contributed by atoms with Crippen LogP contribution in [0.15, 0.2) is 0 Å². The maximum atomic E-state index is 4.20. The largest absolute Gasteiger partial charge is 0.339 e. The molecule has 16 heavy (non-hydrogen) atoms. The van der Waals surface area contributed by atoms with E-state index in [0.29, 0.717) is 0 Å². The number of hydrogen-bond donors (Lipinski definition) is 1. The molecule has 1 aromatic rings. The predicted molar refractivity (Wildman–Crippen MR) is 65.2 cm³/mol. The van der Waals surface area contributed by atoms with Crippen LogP contribution < -0.4 is 5.32 Å². The molecule has 0 saturated carbocycles. The van der Waals surface area contributed by atoms with Gasteiger partial charge in [0.25, 0.3) is 0 Å². The van der Waals surface area contributed by atoms with Crippen LogP contribution in [0.1, 0.15) is 39.4 Å².